The highest BCUT2D eigenvalue weighted by atomic mass is 35.5. The van der Waals surface area contributed by atoms with Crippen LogP contribution in [0.4, 0.5) is 5.69 Å². The summed E-state index contributed by atoms with van der Waals surface area (Å²) in [6, 6.07) is 13.0. The zero-order valence-corrected chi connectivity index (χ0v) is 21.2. The molecule has 37 heavy (non-hydrogen) atoms. The lowest BCUT2D eigenvalue weighted by Gasteiger charge is -2.50. The van der Waals surface area contributed by atoms with Crippen LogP contribution in [0.5, 0.6) is 23.0 Å². The fraction of sp³-hybridized carbons (Fsp3) is 0.222. The summed E-state index contributed by atoms with van der Waals surface area (Å²) < 4.78 is 21.7. The number of imide groups is 1. The number of nitrogens with zero attached hydrogens (tertiary/aromatic N) is 2. The number of β-lactam (4-membered cyclic amide) rings is 1. The Morgan fingerprint density at radius 1 is 0.676 bits per heavy atom. The molecule has 1 fully saturated rings. The Labute approximate surface area is 218 Å². The van der Waals surface area contributed by atoms with Crippen LogP contribution in [0.25, 0.3) is 0 Å². The summed E-state index contributed by atoms with van der Waals surface area (Å²) in [5.74, 6) is 0.0625. The van der Waals surface area contributed by atoms with Crippen molar-refractivity contribution in [3.8, 4) is 23.0 Å². The molecule has 2 aliphatic heterocycles. The van der Waals surface area contributed by atoms with Gasteiger partial charge in [0.2, 0.25) is 5.75 Å². The van der Waals surface area contributed by atoms with Crippen molar-refractivity contribution in [2.75, 3.05) is 33.3 Å². The van der Waals surface area contributed by atoms with E-state index in [-0.39, 0.29) is 11.1 Å². The van der Waals surface area contributed by atoms with Crippen molar-refractivity contribution in [2.24, 2.45) is 0 Å². The van der Waals surface area contributed by atoms with Gasteiger partial charge in [0.25, 0.3) is 17.7 Å². The lowest BCUT2D eigenvalue weighted by molar-refractivity contribution is -0.130. The third-order valence-electron chi connectivity index (χ3n) is 6.61. The predicted molar refractivity (Wildman–Crippen MR) is 135 cm³/mol. The summed E-state index contributed by atoms with van der Waals surface area (Å²) >= 11 is 6.36. The minimum atomic E-state index is -1.10. The maximum atomic E-state index is 13.7. The number of rotatable bonds is 7. The van der Waals surface area contributed by atoms with Gasteiger partial charge in [0.15, 0.2) is 11.5 Å². The van der Waals surface area contributed by atoms with Crippen LogP contribution < -0.4 is 23.8 Å². The zero-order chi connectivity index (χ0) is 26.4. The van der Waals surface area contributed by atoms with Crippen molar-refractivity contribution in [1.29, 1.82) is 0 Å². The molecular weight excluding hydrogens is 500 g/mol. The highest BCUT2D eigenvalue weighted by Gasteiger charge is 2.57. The van der Waals surface area contributed by atoms with Crippen LogP contribution in [-0.4, -0.2) is 57.1 Å². The Hall–Kier alpha value is -4.24. The van der Waals surface area contributed by atoms with Crippen LogP contribution in [0, 0.1) is 0 Å². The van der Waals surface area contributed by atoms with Gasteiger partial charge in [0, 0.05) is 5.69 Å². The van der Waals surface area contributed by atoms with Crippen molar-refractivity contribution in [3.63, 3.8) is 0 Å². The van der Waals surface area contributed by atoms with Gasteiger partial charge in [-0.3, -0.25) is 19.3 Å². The summed E-state index contributed by atoms with van der Waals surface area (Å²) in [5, 5.41) is 0.306. The molecule has 0 radical (unpaired) electrons. The molecule has 2 heterocycles. The Bertz CT molecular complexity index is 1380. The molecule has 3 amide bonds. The molecule has 0 spiro atoms. The van der Waals surface area contributed by atoms with Crippen molar-refractivity contribution in [3.05, 3.63) is 76.3 Å². The Morgan fingerprint density at radius 3 is 1.73 bits per heavy atom. The molecule has 2 atom stereocenters. The first-order valence-corrected chi connectivity index (χ1v) is 11.7. The largest absolute Gasteiger partial charge is 0.495 e. The molecule has 0 aromatic heterocycles. The third-order valence-corrected chi connectivity index (χ3v) is 6.91. The van der Waals surface area contributed by atoms with Gasteiger partial charge in [-0.2, -0.15) is 0 Å². The van der Waals surface area contributed by atoms with Crippen molar-refractivity contribution in [1.82, 2.24) is 4.90 Å². The van der Waals surface area contributed by atoms with Crippen molar-refractivity contribution < 1.29 is 33.3 Å². The van der Waals surface area contributed by atoms with E-state index in [1.54, 1.807) is 54.6 Å². The summed E-state index contributed by atoms with van der Waals surface area (Å²) in [5.41, 5.74) is 1.56. The molecule has 0 N–H and O–H groups in total. The molecule has 5 rings (SSSR count). The lowest BCUT2D eigenvalue weighted by Crippen LogP contribution is -2.67. The van der Waals surface area contributed by atoms with Gasteiger partial charge >= 0.3 is 0 Å². The maximum absolute atomic E-state index is 13.7. The van der Waals surface area contributed by atoms with Gasteiger partial charge in [-0.05, 0) is 48.0 Å². The predicted octanol–water partition coefficient (Wildman–Crippen LogP) is 4.13. The van der Waals surface area contributed by atoms with Gasteiger partial charge in [-0.15, -0.1) is 0 Å². The number of hydrogen-bond donors (Lipinski definition) is 0. The number of fused-ring (bicyclic) bond motifs is 1. The number of amides is 3. The van der Waals surface area contributed by atoms with Gasteiger partial charge in [0.1, 0.15) is 11.8 Å². The quantitative estimate of drug-likeness (QED) is 0.340. The van der Waals surface area contributed by atoms with Crippen LogP contribution in [-0.2, 0) is 4.79 Å². The maximum Gasteiger partial charge on any atom is 0.262 e. The Balaban J connectivity index is 1.65. The molecule has 0 bridgehead atoms. The van der Waals surface area contributed by atoms with E-state index in [2.05, 4.69) is 0 Å². The molecule has 190 valence electrons. The molecule has 0 saturated carbocycles. The Morgan fingerprint density at radius 2 is 1.24 bits per heavy atom. The summed E-state index contributed by atoms with van der Waals surface area (Å²) in [7, 11) is 5.94. The average molecular weight is 523 g/mol. The normalized spacial score (nSPS) is 18.5. The van der Waals surface area contributed by atoms with Crippen LogP contribution in [0.15, 0.2) is 54.6 Å². The fourth-order valence-corrected chi connectivity index (χ4v) is 5.13. The number of halogens is 1. The van der Waals surface area contributed by atoms with E-state index in [0.717, 1.165) is 4.90 Å². The van der Waals surface area contributed by atoms with E-state index in [1.165, 1.54) is 33.3 Å². The van der Waals surface area contributed by atoms with Gasteiger partial charge in [-0.25, -0.2) is 0 Å². The van der Waals surface area contributed by atoms with E-state index < -0.39 is 29.8 Å². The van der Waals surface area contributed by atoms with E-state index in [0.29, 0.717) is 39.3 Å². The molecule has 3 aromatic carbocycles. The first-order valence-electron chi connectivity index (χ1n) is 11.3. The van der Waals surface area contributed by atoms with E-state index >= 15 is 0 Å². The van der Waals surface area contributed by atoms with Gasteiger partial charge < -0.3 is 23.8 Å². The number of anilines is 1. The smallest absolute Gasteiger partial charge is 0.262 e. The Kier molecular flexibility index (Phi) is 6.16. The van der Waals surface area contributed by atoms with Gasteiger partial charge in [0.05, 0.1) is 50.6 Å². The van der Waals surface area contributed by atoms with E-state index in [9.17, 15) is 14.4 Å². The monoisotopic (exact) mass is 522 g/mol. The molecule has 10 heteroatoms. The van der Waals surface area contributed by atoms with Crippen molar-refractivity contribution >= 4 is 35.0 Å². The standard InChI is InChI=1S/C27H23ClN2O7/c1-34-19-10-9-15(13-18(19)28)29-22(14-11-20(35-2)24(37-4)21(12-14)36-3)23(27(29)33)30-25(31)16-7-5-6-8-17(16)26(30)32/h5-13,22-23H,1-4H3/t22-,23-/m1/s1. The third kappa shape index (κ3) is 3.65. The number of carbonyl (C=O) groups is 3. The molecule has 1 saturated heterocycles. The van der Waals surface area contributed by atoms with Crippen LogP contribution >= 0.6 is 11.6 Å². The number of benzene rings is 3. The lowest BCUT2D eigenvalue weighted by atomic mass is 9.86. The number of carbonyl (C=O) groups excluding carboxylic acids is 3. The second-order valence-corrected chi connectivity index (χ2v) is 8.81. The minimum Gasteiger partial charge on any atom is -0.495 e. The molecular formula is C27H23ClN2O7. The zero-order valence-electron chi connectivity index (χ0n) is 20.5. The van der Waals surface area contributed by atoms with E-state index in [1.807, 2.05) is 0 Å². The summed E-state index contributed by atoms with van der Waals surface area (Å²) in [4.78, 5) is 42.8. The topological polar surface area (TPSA) is 94.6 Å². The van der Waals surface area contributed by atoms with Crippen LogP contribution in [0.3, 0.4) is 0 Å². The van der Waals surface area contributed by atoms with Crippen LogP contribution in [0.1, 0.15) is 32.3 Å². The van der Waals surface area contributed by atoms with Crippen molar-refractivity contribution in [2.45, 2.75) is 12.1 Å². The second kappa shape index (κ2) is 9.33. The first-order chi connectivity index (χ1) is 17.9. The minimum absolute atomic E-state index is 0.259. The first kappa shape index (κ1) is 24.5. The highest BCUT2D eigenvalue weighted by Crippen LogP contribution is 2.49. The molecule has 2 aliphatic rings. The average Bonchev–Trinajstić information content (AvgIpc) is 3.16. The van der Waals surface area contributed by atoms with Crippen LogP contribution in [0.2, 0.25) is 5.02 Å². The van der Waals surface area contributed by atoms with E-state index in [4.69, 9.17) is 30.5 Å². The molecule has 3 aromatic rings. The number of methoxy groups -OCH3 is 4. The molecule has 9 nitrogen and oxygen atoms in total. The summed E-state index contributed by atoms with van der Waals surface area (Å²) in [6.07, 6.45) is 0. The highest BCUT2D eigenvalue weighted by molar-refractivity contribution is 6.32. The SMILES string of the molecule is COc1ccc(N2C(=O)[C@H](N3C(=O)c4ccccc4C3=O)[C@H]2c2cc(OC)c(OC)c(OC)c2)cc1Cl. The fourth-order valence-electron chi connectivity index (χ4n) is 4.88. The molecule has 0 aliphatic carbocycles. The summed E-state index contributed by atoms with van der Waals surface area (Å²) in [6.45, 7) is 0. The molecule has 0 unspecified atom stereocenters. The second-order valence-electron chi connectivity index (χ2n) is 8.40. The van der Waals surface area contributed by atoms with Gasteiger partial charge in [-0.1, -0.05) is 23.7 Å². The number of ether oxygens (including phenoxy) is 4. The number of hydrogen-bond acceptors (Lipinski definition) is 7.